The van der Waals surface area contributed by atoms with Crippen LogP contribution in [0.3, 0.4) is 0 Å². The number of alkyl halides is 3. The summed E-state index contributed by atoms with van der Waals surface area (Å²) < 4.78 is 70.0. The van der Waals surface area contributed by atoms with Crippen LogP contribution in [0.5, 0.6) is 0 Å². The maximum atomic E-state index is 13.8. The highest BCUT2D eigenvalue weighted by atomic mass is 32.2. The average molecular weight is 543 g/mol. The lowest BCUT2D eigenvalue weighted by atomic mass is 10.00. The average Bonchev–Trinajstić information content (AvgIpc) is 3.26. The van der Waals surface area contributed by atoms with Crippen LogP contribution in [0.2, 0.25) is 0 Å². The van der Waals surface area contributed by atoms with Gasteiger partial charge in [-0.05, 0) is 49.1 Å². The highest BCUT2D eigenvalue weighted by molar-refractivity contribution is 7.92. The summed E-state index contributed by atoms with van der Waals surface area (Å²) in [6.07, 6.45) is 0.705. The molecule has 3 aromatic rings. The number of nitrogens with one attached hydrogen (secondary N) is 1. The number of halogens is 3. The molecule has 1 unspecified atom stereocenters. The first kappa shape index (κ1) is 27.1. The Morgan fingerprint density at radius 3 is 2.53 bits per heavy atom. The van der Waals surface area contributed by atoms with Crippen LogP contribution in [0.1, 0.15) is 36.8 Å². The molecule has 198 valence electrons. The van der Waals surface area contributed by atoms with E-state index in [1.807, 2.05) is 0 Å². The summed E-state index contributed by atoms with van der Waals surface area (Å²) in [5.41, 5.74) is -0.911. The van der Waals surface area contributed by atoms with E-state index in [4.69, 9.17) is 0 Å². The van der Waals surface area contributed by atoms with E-state index in [1.54, 1.807) is 30.3 Å². The molecule has 7 nitrogen and oxygen atoms in total. The predicted octanol–water partition coefficient (Wildman–Crippen LogP) is 6.07. The molecule has 0 radical (unpaired) electrons. The number of hydrogen-bond donors (Lipinski definition) is 1. The summed E-state index contributed by atoms with van der Waals surface area (Å²) >= 11 is 0. The molecule has 1 aliphatic heterocycles. The molecule has 0 spiro atoms. The Labute approximate surface area is 218 Å². The van der Waals surface area contributed by atoms with Crippen molar-refractivity contribution in [1.29, 1.82) is 0 Å². The number of hydrogen-bond acceptors (Lipinski definition) is 5. The number of amides is 1. The first-order valence-electron chi connectivity index (χ1n) is 11.8. The lowest BCUT2D eigenvalue weighted by molar-refractivity contribution is -0.137. The van der Waals surface area contributed by atoms with Gasteiger partial charge in [0.1, 0.15) is 11.6 Å². The van der Waals surface area contributed by atoms with Crippen molar-refractivity contribution >= 4 is 33.6 Å². The van der Waals surface area contributed by atoms with Gasteiger partial charge in [-0.3, -0.25) is 14.4 Å². The Morgan fingerprint density at radius 1 is 1.05 bits per heavy atom. The molecule has 1 atom stereocenters. The minimum atomic E-state index is -4.73. The maximum absolute atomic E-state index is 13.8. The molecule has 0 aliphatic carbocycles. The Balaban J connectivity index is 1.70. The normalized spacial score (nSPS) is 15.9. The largest absolute Gasteiger partial charge is 0.418 e. The summed E-state index contributed by atoms with van der Waals surface area (Å²) in [5, 5.41) is -0.396. The van der Waals surface area contributed by atoms with Crippen molar-refractivity contribution in [3.8, 4) is 11.3 Å². The first-order valence-corrected chi connectivity index (χ1v) is 13.3. The Hall–Kier alpha value is -3.99. The standard InChI is InChI=1S/C27H25F3N4O3S/c1-3-5-10-19-14-17-25(35)34(19)23-12-8-13-24(32-23)38(36,37)33-22-16-15-21(27(28,29)30)26(31-22)20-11-7-6-9-18(20)4-2/h3-4,6-9,11-13,15-16,19H,1-2,5,10,14,17H2,(H,31,33). The van der Waals surface area contributed by atoms with Gasteiger partial charge in [0.2, 0.25) is 5.91 Å². The monoisotopic (exact) mass is 542 g/mol. The SMILES string of the molecule is C=CCCC1CCC(=O)N1c1cccc(S(=O)(=O)Nc2ccc(C(F)(F)F)c(-c3ccccc3C=C)n2)n1. The third-order valence-electron chi connectivity index (χ3n) is 6.14. The molecule has 1 amide bonds. The number of nitrogens with zero attached hydrogens (tertiary/aromatic N) is 3. The maximum Gasteiger partial charge on any atom is 0.418 e. The Bertz CT molecular complexity index is 1490. The molecular weight excluding hydrogens is 517 g/mol. The number of rotatable bonds is 9. The van der Waals surface area contributed by atoms with E-state index in [2.05, 4.69) is 27.8 Å². The molecule has 0 bridgehead atoms. The second-order valence-electron chi connectivity index (χ2n) is 8.64. The molecule has 1 aliphatic rings. The quantitative estimate of drug-likeness (QED) is 0.332. The fourth-order valence-corrected chi connectivity index (χ4v) is 5.33. The van der Waals surface area contributed by atoms with Gasteiger partial charge in [-0.25, -0.2) is 9.97 Å². The number of sulfonamides is 1. The van der Waals surface area contributed by atoms with Crippen LogP contribution in [0, 0.1) is 0 Å². The summed E-state index contributed by atoms with van der Waals surface area (Å²) in [5.74, 6) is -0.297. The van der Waals surface area contributed by atoms with Crippen molar-refractivity contribution in [2.24, 2.45) is 0 Å². The number of carbonyl (C=O) groups excluding carboxylic acids is 1. The number of carbonyl (C=O) groups is 1. The molecule has 1 N–H and O–H groups in total. The smallest absolute Gasteiger partial charge is 0.294 e. The zero-order chi connectivity index (χ0) is 27.5. The Morgan fingerprint density at radius 2 is 1.82 bits per heavy atom. The summed E-state index contributed by atoms with van der Waals surface area (Å²) in [4.78, 5) is 22.2. The van der Waals surface area contributed by atoms with Crippen LogP contribution < -0.4 is 9.62 Å². The summed E-state index contributed by atoms with van der Waals surface area (Å²) in [7, 11) is -4.36. The lowest BCUT2D eigenvalue weighted by Gasteiger charge is -2.24. The van der Waals surface area contributed by atoms with Crippen LogP contribution in [0.4, 0.5) is 24.8 Å². The van der Waals surface area contributed by atoms with E-state index in [0.717, 1.165) is 12.1 Å². The minimum absolute atomic E-state index is 0.136. The number of anilines is 2. The lowest BCUT2D eigenvalue weighted by Crippen LogP contribution is -2.34. The van der Waals surface area contributed by atoms with Gasteiger partial charge in [0.25, 0.3) is 10.0 Å². The molecular formula is C27H25F3N4O3S. The van der Waals surface area contributed by atoms with E-state index in [0.29, 0.717) is 31.2 Å². The van der Waals surface area contributed by atoms with E-state index in [1.165, 1.54) is 29.2 Å². The van der Waals surface area contributed by atoms with Crippen molar-refractivity contribution in [2.45, 2.75) is 42.9 Å². The number of pyridine rings is 2. The minimum Gasteiger partial charge on any atom is -0.294 e. The highest BCUT2D eigenvalue weighted by Gasteiger charge is 2.36. The van der Waals surface area contributed by atoms with Gasteiger partial charge < -0.3 is 0 Å². The van der Waals surface area contributed by atoms with Gasteiger partial charge in [0, 0.05) is 18.0 Å². The third kappa shape index (κ3) is 5.62. The van der Waals surface area contributed by atoms with Crippen LogP contribution in [-0.2, 0) is 21.0 Å². The van der Waals surface area contributed by atoms with Crippen LogP contribution in [0.25, 0.3) is 17.3 Å². The summed E-state index contributed by atoms with van der Waals surface area (Å²) in [6, 6.07) is 12.1. The van der Waals surface area contributed by atoms with Gasteiger partial charge in [-0.2, -0.15) is 21.6 Å². The van der Waals surface area contributed by atoms with Gasteiger partial charge >= 0.3 is 6.18 Å². The van der Waals surface area contributed by atoms with Crippen molar-refractivity contribution in [2.75, 3.05) is 9.62 Å². The summed E-state index contributed by atoms with van der Waals surface area (Å²) in [6.45, 7) is 7.34. The zero-order valence-corrected chi connectivity index (χ0v) is 21.1. The number of aromatic nitrogens is 2. The molecule has 1 aromatic carbocycles. The molecule has 1 saturated heterocycles. The highest BCUT2D eigenvalue weighted by Crippen LogP contribution is 2.38. The fraction of sp³-hybridized carbons (Fsp3) is 0.222. The molecule has 4 rings (SSSR count). The van der Waals surface area contributed by atoms with Gasteiger partial charge in [0.15, 0.2) is 5.03 Å². The number of allylic oxidation sites excluding steroid dienone is 1. The molecule has 1 fully saturated rings. The van der Waals surface area contributed by atoms with E-state index >= 15 is 0 Å². The molecule has 0 saturated carbocycles. The van der Waals surface area contributed by atoms with Gasteiger partial charge in [-0.15, -0.1) is 6.58 Å². The molecule has 11 heteroatoms. The van der Waals surface area contributed by atoms with Crippen molar-refractivity contribution < 1.29 is 26.4 Å². The van der Waals surface area contributed by atoms with E-state index in [-0.39, 0.29) is 29.1 Å². The van der Waals surface area contributed by atoms with Gasteiger partial charge in [0.05, 0.1) is 11.3 Å². The second kappa shape index (κ2) is 10.8. The second-order valence-corrected chi connectivity index (χ2v) is 10.3. The van der Waals surface area contributed by atoms with Crippen molar-refractivity contribution in [3.05, 3.63) is 85.0 Å². The van der Waals surface area contributed by atoms with Crippen LogP contribution in [0.15, 0.2) is 78.9 Å². The van der Waals surface area contributed by atoms with E-state index < -0.39 is 32.5 Å². The van der Waals surface area contributed by atoms with Crippen molar-refractivity contribution in [3.63, 3.8) is 0 Å². The van der Waals surface area contributed by atoms with E-state index in [9.17, 15) is 26.4 Å². The third-order valence-corrected chi connectivity index (χ3v) is 7.39. The first-order chi connectivity index (χ1) is 18.0. The Kier molecular flexibility index (Phi) is 7.68. The fourth-order valence-electron chi connectivity index (χ4n) is 4.36. The molecule has 38 heavy (non-hydrogen) atoms. The number of benzene rings is 1. The topological polar surface area (TPSA) is 92.3 Å². The van der Waals surface area contributed by atoms with Crippen LogP contribution >= 0.6 is 0 Å². The van der Waals surface area contributed by atoms with Crippen LogP contribution in [-0.4, -0.2) is 30.3 Å². The van der Waals surface area contributed by atoms with Gasteiger partial charge in [-0.1, -0.05) is 49.1 Å². The molecule has 2 aromatic heterocycles. The zero-order valence-electron chi connectivity index (χ0n) is 20.3. The predicted molar refractivity (Wildman–Crippen MR) is 140 cm³/mol. The van der Waals surface area contributed by atoms with Crippen molar-refractivity contribution in [1.82, 2.24) is 9.97 Å². The molecule has 3 heterocycles.